The van der Waals surface area contributed by atoms with Crippen molar-refractivity contribution < 1.29 is 63.5 Å². The molecule has 3 aliphatic heterocycles. The van der Waals surface area contributed by atoms with Crippen LogP contribution in [0.4, 0.5) is 0 Å². The Bertz CT molecular complexity index is 1240. The van der Waals surface area contributed by atoms with E-state index in [0.29, 0.717) is 39.0 Å². The van der Waals surface area contributed by atoms with Gasteiger partial charge in [0.15, 0.2) is 12.6 Å². The lowest BCUT2D eigenvalue weighted by Crippen LogP contribution is -2.60. The highest BCUT2D eigenvalue weighted by Gasteiger charge is 2.51. The third kappa shape index (κ3) is 13.9. The van der Waals surface area contributed by atoms with Crippen molar-refractivity contribution in [3.8, 4) is 0 Å². The normalized spacial score (nSPS) is 44.4. The fourth-order valence-electron chi connectivity index (χ4n) is 9.45. The summed E-state index contributed by atoms with van der Waals surface area (Å²) < 4.78 is 44.3. The number of aliphatic hydroxyl groups is 5. The van der Waals surface area contributed by atoms with Crippen molar-refractivity contribution in [2.75, 3.05) is 54.6 Å². The van der Waals surface area contributed by atoms with Crippen molar-refractivity contribution in [2.45, 2.75) is 192 Å². The van der Waals surface area contributed by atoms with E-state index >= 15 is 0 Å². The summed E-state index contributed by atoms with van der Waals surface area (Å²) in [6, 6.07) is -0.641. The Balaban J connectivity index is 2.12. The molecule has 19 unspecified atom stereocenters. The van der Waals surface area contributed by atoms with Gasteiger partial charge in [-0.1, -0.05) is 27.7 Å². The molecule has 3 heterocycles. The Kier molecular flexibility index (Phi) is 20.4. The zero-order valence-electron chi connectivity index (χ0n) is 38.6. The second-order valence-corrected chi connectivity index (χ2v) is 18.8. The number of hydrogen-bond donors (Lipinski definition) is 6. The summed E-state index contributed by atoms with van der Waals surface area (Å²) in [4.78, 5) is 18.4. The Labute approximate surface area is 354 Å². The van der Waals surface area contributed by atoms with Gasteiger partial charge in [-0.15, -0.1) is 0 Å². The van der Waals surface area contributed by atoms with E-state index in [1.807, 2.05) is 60.7 Å². The molecule has 3 aliphatic rings. The number of hydrogen-bond acceptors (Lipinski definition) is 16. The van der Waals surface area contributed by atoms with Crippen LogP contribution in [0.15, 0.2) is 0 Å². The summed E-state index contributed by atoms with van der Waals surface area (Å²) in [5, 5.41) is 60.0. The molecular formula is C43H83N3O13. The number of nitrogens with zero attached hydrogens (tertiary/aromatic N) is 2. The number of aliphatic hydroxyl groups excluding tert-OH is 3. The molecule has 0 saturated carbocycles. The third-order valence-corrected chi connectivity index (χ3v) is 13.0. The topological polar surface area (TPSA) is 201 Å². The summed E-state index contributed by atoms with van der Waals surface area (Å²) in [7, 11) is 7.36. The minimum Gasteiger partial charge on any atom is -0.459 e. The van der Waals surface area contributed by atoms with Gasteiger partial charge >= 0.3 is 5.97 Å². The SMILES string of the molecule is CCC1OC(=O)C(C)C(OC2CC(C)C(O)C(C)O2)C(C)C(OC2OC(C)CC(N(C)C)C2OCCCNC(O)COC)C(C)(O)CC(C)CN(C)C(C)C(O)C1(C)O. The van der Waals surface area contributed by atoms with E-state index in [0.717, 1.165) is 0 Å². The highest BCUT2D eigenvalue weighted by Crippen LogP contribution is 2.39. The molecule has 16 heteroatoms. The first-order valence-electron chi connectivity index (χ1n) is 22.0. The van der Waals surface area contributed by atoms with E-state index < -0.39 is 96.6 Å². The summed E-state index contributed by atoms with van der Waals surface area (Å²) in [6.07, 6.45) is -6.70. The van der Waals surface area contributed by atoms with E-state index in [-0.39, 0.29) is 43.4 Å². The number of rotatable bonds is 14. The molecule has 0 amide bonds. The highest BCUT2D eigenvalue weighted by atomic mass is 16.7. The van der Waals surface area contributed by atoms with Gasteiger partial charge in [0.25, 0.3) is 0 Å². The maximum absolute atomic E-state index is 14.3. The monoisotopic (exact) mass is 850 g/mol. The summed E-state index contributed by atoms with van der Waals surface area (Å²) in [5.74, 6) is -2.60. The minimum atomic E-state index is -1.79. The summed E-state index contributed by atoms with van der Waals surface area (Å²) in [5.41, 5.74) is -3.32. The van der Waals surface area contributed by atoms with Gasteiger partial charge in [-0.25, -0.2) is 0 Å². The van der Waals surface area contributed by atoms with E-state index in [1.54, 1.807) is 27.7 Å². The molecule has 0 radical (unpaired) electrons. The lowest BCUT2D eigenvalue weighted by molar-refractivity contribution is -0.314. The molecule has 6 N–H and O–H groups in total. The maximum atomic E-state index is 14.3. The predicted molar refractivity (Wildman–Crippen MR) is 222 cm³/mol. The fraction of sp³-hybridized carbons (Fsp3) is 0.977. The van der Waals surface area contributed by atoms with Crippen LogP contribution in [0.2, 0.25) is 0 Å². The molecule has 59 heavy (non-hydrogen) atoms. The predicted octanol–water partition coefficient (Wildman–Crippen LogP) is 2.10. The number of carbonyl (C=O) groups excluding carboxylic acids is 1. The number of likely N-dealkylation sites (N-methyl/N-ethyl adjacent to an activating group) is 2. The van der Waals surface area contributed by atoms with Gasteiger partial charge in [-0.05, 0) is 107 Å². The van der Waals surface area contributed by atoms with Crippen molar-refractivity contribution in [1.82, 2.24) is 15.1 Å². The van der Waals surface area contributed by atoms with Crippen LogP contribution in [0, 0.1) is 23.7 Å². The lowest BCUT2D eigenvalue weighted by Gasteiger charge is -2.48. The van der Waals surface area contributed by atoms with Gasteiger partial charge in [-0.3, -0.25) is 10.1 Å². The summed E-state index contributed by atoms with van der Waals surface area (Å²) in [6.45, 7) is 19.6. The molecule has 0 aromatic rings. The van der Waals surface area contributed by atoms with Gasteiger partial charge in [0.1, 0.15) is 30.1 Å². The van der Waals surface area contributed by atoms with E-state index in [9.17, 15) is 30.3 Å². The minimum absolute atomic E-state index is 0.108. The second-order valence-electron chi connectivity index (χ2n) is 18.8. The number of ether oxygens (including phenoxy) is 7. The Morgan fingerprint density at radius 2 is 1.66 bits per heavy atom. The van der Waals surface area contributed by atoms with Crippen LogP contribution in [-0.4, -0.2) is 187 Å². The van der Waals surface area contributed by atoms with Gasteiger partial charge < -0.3 is 68.5 Å². The Hall–Kier alpha value is -1.09. The van der Waals surface area contributed by atoms with Crippen molar-refractivity contribution >= 4 is 5.97 Å². The van der Waals surface area contributed by atoms with Gasteiger partial charge in [0, 0.05) is 44.7 Å². The van der Waals surface area contributed by atoms with Crippen LogP contribution in [-0.2, 0) is 38.0 Å². The molecule has 19 atom stereocenters. The number of methoxy groups -OCH3 is 1. The molecule has 348 valence electrons. The Morgan fingerprint density at radius 1 is 1.00 bits per heavy atom. The van der Waals surface area contributed by atoms with Crippen LogP contribution in [0.25, 0.3) is 0 Å². The molecule has 0 spiro atoms. The molecule has 3 rings (SSSR count). The molecule has 3 fully saturated rings. The lowest BCUT2D eigenvalue weighted by atomic mass is 9.77. The quantitative estimate of drug-likeness (QED) is 0.0843. The number of esters is 1. The smallest absolute Gasteiger partial charge is 0.311 e. The van der Waals surface area contributed by atoms with Gasteiger partial charge in [-0.2, -0.15) is 0 Å². The summed E-state index contributed by atoms with van der Waals surface area (Å²) >= 11 is 0. The zero-order valence-corrected chi connectivity index (χ0v) is 38.6. The third-order valence-electron chi connectivity index (χ3n) is 13.0. The van der Waals surface area contributed by atoms with Crippen LogP contribution in [0.5, 0.6) is 0 Å². The van der Waals surface area contributed by atoms with Crippen molar-refractivity contribution in [3.05, 3.63) is 0 Å². The first-order chi connectivity index (χ1) is 27.5. The zero-order chi connectivity index (χ0) is 44.6. The van der Waals surface area contributed by atoms with E-state index in [1.165, 1.54) is 14.0 Å². The van der Waals surface area contributed by atoms with Gasteiger partial charge in [0.2, 0.25) is 0 Å². The molecule has 16 nitrogen and oxygen atoms in total. The molecule has 3 saturated heterocycles. The first-order valence-corrected chi connectivity index (χ1v) is 22.0. The van der Waals surface area contributed by atoms with Crippen molar-refractivity contribution in [3.63, 3.8) is 0 Å². The molecule has 0 aliphatic carbocycles. The highest BCUT2D eigenvalue weighted by molar-refractivity contribution is 5.73. The largest absolute Gasteiger partial charge is 0.459 e. The van der Waals surface area contributed by atoms with E-state index in [4.69, 9.17) is 33.2 Å². The van der Waals surface area contributed by atoms with E-state index in [2.05, 4.69) is 10.2 Å². The van der Waals surface area contributed by atoms with Crippen LogP contribution >= 0.6 is 0 Å². The van der Waals surface area contributed by atoms with Crippen LogP contribution in [0.1, 0.15) is 101 Å². The fourth-order valence-corrected chi connectivity index (χ4v) is 9.45. The van der Waals surface area contributed by atoms with Crippen molar-refractivity contribution in [2.24, 2.45) is 23.7 Å². The number of carbonyl (C=O) groups is 1. The standard InChI is InChI=1S/C43H83N3O13/c1-15-32-43(10,52)38(49)29(7)46(13)22-24(2)21-42(9,51)39(27(5)36(28(6)40(50)57-32)58-34-19-25(3)35(48)30(8)56-34)59-41-37(31(45(11)12)20-26(4)55-41)54-18-16-17-44-33(47)23-53-14/h24-39,41,44,47-49,51-52H,15-23H2,1-14H3. The van der Waals surface area contributed by atoms with Crippen LogP contribution in [0.3, 0.4) is 0 Å². The molecule has 0 aromatic heterocycles. The average molecular weight is 850 g/mol. The van der Waals surface area contributed by atoms with Crippen LogP contribution < -0.4 is 5.32 Å². The second kappa shape index (κ2) is 23.0. The maximum Gasteiger partial charge on any atom is 0.311 e. The van der Waals surface area contributed by atoms with Gasteiger partial charge in [0.05, 0.1) is 48.6 Å². The Morgan fingerprint density at radius 3 is 2.25 bits per heavy atom. The molecule has 0 bridgehead atoms. The first kappa shape index (κ1) is 52.3. The van der Waals surface area contributed by atoms with Crippen molar-refractivity contribution in [1.29, 1.82) is 0 Å². The number of nitrogens with one attached hydrogen (secondary N) is 1. The molecular weight excluding hydrogens is 766 g/mol. The molecule has 0 aromatic carbocycles. The average Bonchev–Trinajstić information content (AvgIpc) is 3.15. The number of cyclic esters (lactones) is 1.